The molecule has 2 aromatic rings. The van der Waals surface area contributed by atoms with Gasteiger partial charge in [-0.05, 0) is 47.5 Å². The van der Waals surface area contributed by atoms with Gasteiger partial charge >= 0.3 is 0 Å². The lowest BCUT2D eigenvalue weighted by Gasteiger charge is -2.15. The molecule has 0 bridgehead atoms. The van der Waals surface area contributed by atoms with Crippen LogP contribution in [0.1, 0.15) is 23.1 Å². The molecule has 2 rings (SSSR count). The summed E-state index contributed by atoms with van der Waals surface area (Å²) in [6.45, 7) is 5.00. The molecule has 21 heavy (non-hydrogen) atoms. The summed E-state index contributed by atoms with van der Waals surface area (Å²) in [6.07, 6.45) is 0.816. The van der Waals surface area contributed by atoms with Crippen molar-refractivity contribution in [3.05, 3.63) is 38.3 Å². The Bertz CT molecular complexity index is 601. The van der Waals surface area contributed by atoms with E-state index in [1.807, 2.05) is 31.5 Å². The third-order valence-electron chi connectivity index (χ3n) is 2.97. The van der Waals surface area contributed by atoms with Crippen molar-refractivity contribution < 1.29 is 14.6 Å². The first-order valence-electron chi connectivity index (χ1n) is 6.73. The maximum absolute atomic E-state index is 9.25. The normalized spacial score (nSPS) is 10.7. The van der Waals surface area contributed by atoms with Gasteiger partial charge in [0.2, 0.25) is 0 Å². The summed E-state index contributed by atoms with van der Waals surface area (Å²) in [5.41, 5.74) is 3.70. The number of ether oxygens (including phenoxy) is 2. The zero-order valence-electron chi connectivity index (χ0n) is 12.1. The van der Waals surface area contributed by atoms with Crippen LogP contribution in [0.15, 0.2) is 22.1 Å². The Balaban J connectivity index is 2.09. The van der Waals surface area contributed by atoms with Crippen molar-refractivity contribution >= 4 is 27.3 Å². The lowest BCUT2D eigenvalue weighted by atomic mass is 10.2. The number of nitrogens with zero attached hydrogens (tertiary/aromatic N) is 1. The molecule has 0 aliphatic heterocycles. The number of thiazole rings is 1. The Morgan fingerprint density at radius 2 is 2.14 bits per heavy atom. The number of aliphatic hydroxyl groups excluding tert-OH is 1. The van der Waals surface area contributed by atoms with Crippen molar-refractivity contribution in [2.24, 2.45) is 0 Å². The van der Waals surface area contributed by atoms with Gasteiger partial charge in [-0.1, -0.05) is 0 Å². The predicted molar refractivity (Wildman–Crippen MR) is 87.3 cm³/mol. The Hall–Kier alpha value is -1.11. The van der Waals surface area contributed by atoms with Gasteiger partial charge < -0.3 is 14.6 Å². The van der Waals surface area contributed by atoms with E-state index < -0.39 is 0 Å². The van der Waals surface area contributed by atoms with Crippen LogP contribution in [0.2, 0.25) is 0 Å². The quantitative estimate of drug-likeness (QED) is 0.805. The van der Waals surface area contributed by atoms with Crippen molar-refractivity contribution in [1.82, 2.24) is 4.98 Å². The van der Waals surface area contributed by atoms with Crippen LogP contribution < -0.4 is 9.47 Å². The van der Waals surface area contributed by atoms with Gasteiger partial charge in [-0.2, -0.15) is 0 Å². The first-order valence-corrected chi connectivity index (χ1v) is 8.40. The summed E-state index contributed by atoms with van der Waals surface area (Å²) in [5, 5.41) is 9.25. The Morgan fingerprint density at radius 1 is 1.33 bits per heavy atom. The standard InChI is InChI=1S/C15H18BrNO3S/c1-3-19-13-7-11(8-18)6-12(16)15(13)20-5-4-14-10(2)17-9-21-14/h6-7,9,18H,3-5,8H2,1-2H3. The number of aryl methyl sites for hydroxylation is 1. The molecule has 1 aromatic carbocycles. The molecule has 0 amide bonds. The molecular formula is C15H18BrNO3S. The monoisotopic (exact) mass is 371 g/mol. The second-order valence-electron chi connectivity index (χ2n) is 4.46. The first-order chi connectivity index (χ1) is 10.2. The number of aliphatic hydroxyl groups is 1. The van der Waals surface area contributed by atoms with Crippen LogP contribution in [-0.2, 0) is 13.0 Å². The minimum Gasteiger partial charge on any atom is -0.490 e. The Kier molecular flexibility index (Phi) is 6.02. The van der Waals surface area contributed by atoms with Gasteiger partial charge in [0.15, 0.2) is 11.5 Å². The van der Waals surface area contributed by atoms with E-state index >= 15 is 0 Å². The highest BCUT2D eigenvalue weighted by Crippen LogP contribution is 2.37. The fourth-order valence-corrected chi connectivity index (χ4v) is 3.29. The van der Waals surface area contributed by atoms with E-state index in [1.165, 1.54) is 4.88 Å². The van der Waals surface area contributed by atoms with E-state index in [0.29, 0.717) is 24.7 Å². The number of hydrogen-bond acceptors (Lipinski definition) is 5. The average Bonchev–Trinajstić information content (AvgIpc) is 2.87. The van der Waals surface area contributed by atoms with Crippen LogP contribution in [0, 0.1) is 6.92 Å². The molecule has 0 atom stereocenters. The van der Waals surface area contributed by atoms with Gasteiger partial charge in [0, 0.05) is 11.3 Å². The molecule has 0 fully saturated rings. The highest BCUT2D eigenvalue weighted by Gasteiger charge is 2.12. The topological polar surface area (TPSA) is 51.6 Å². The van der Waals surface area contributed by atoms with Crippen LogP contribution in [0.25, 0.3) is 0 Å². The van der Waals surface area contributed by atoms with Crippen LogP contribution in [0.4, 0.5) is 0 Å². The molecule has 1 aromatic heterocycles. The van der Waals surface area contributed by atoms with Gasteiger partial charge in [-0.15, -0.1) is 11.3 Å². The number of hydrogen-bond donors (Lipinski definition) is 1. The van der Waals surface area contributed by atoms with Crippen molar-refractivity contribution in [1.29, 1.82) is 0 Å². The van der Waals surface area contributed by atoms with E-state index in [2.05, 4.69) is 20.9 Å². The van der Waals surface area contributed by atoms with Gasteiger partial charge in [-0.25, -0.2) is 4.98 Å². The van der Waals surface area contributed by atoms with E-state index in [0.717, 1.165) is 22.2 Å². The van der Waals surface area contributed by atoms with Crippen molar-refractivity contribution in [3.8, 4) is 11.5 Å². The molecule has 114 valence electrons. The SMILES string of the molecule is CCOc1cc(CO)cc(Br)c1OCCc1scnc1C. The fraction of sp³-hybridized carbons (Fsp3) is 0.400. The van der Waals surface area contributed by atoms with E-state index in [4.69, 9.17) is 9.47 Å². The summed E-state index contributed by atoms with van der Waals surface area (Å²) < 4.78 is 12.3. The third kappa shape index (κ3) is 4.18. The summed E-state index contributed by atoms with van der Waals surface area (Å²) >= 11 is 5.12. The number of rotatable bonds is 7. The summed E-state index contributed by atoms with van der Waals surface area (Å²) in [4.78, 5) is 5.46. The zero-order chi connectivity index (χ0) is 15.2. The summed E-state index contributed by atoms with van der Waals surface area (Å²) in [7, 11) is 0. The molecule has 0 radical (unpaired) electrons. The predicted octanol–water partition coefficient (Wildman–Crippen LogP) is 3.73. The molecular weight excluding hydrogens is 354 g/mol. The molecule has 6 heteroatoms. The van der Waals surface area contributed by atoms with Gasteiger partial charge in [0.05, 0.1) is 35.5 Å². The largest absolute Gasteiger partial charge is 0.490 e. The lowest BCUT2D eigenvalue weighted by Crippen LogP contribution is -2.05. The molecule has 0 aliphatic rings. The molecule has 4 nitrogen and oxygen atoms in total. The van der Waals surface area contributed by atoms with E-state index in [9.17, 15) is 5.11 Å². The van der Waals surface area contributed by atoms with Gasteiger partial charge in [0.1, 0.15) is 0 Å². The van der Waals surface area contributed by atoms with Gasteiger partial charge in [-0.3, -0.25) is 0 Å². The molecule has 0 unspecified atom stereocenters. The van der Waals surface area contributed by atoms with Crippen molar-refractivity contribution in [2.45, 2.75) is 26.9 Å². The van der Waals surface area contributed by atoms with Crippen molar-refractivity contribution in [2.75, 3.05) is 13.2 Å². The number of benzene rings is 1. The minimum absolute atomic E-state index is 0.0288. The highest BCUT2D eigenvalue weighted by molar-refractivity contribution is 9.10. The lowest BCUT2D eigenvalue weighted by molar-refractivity contribution is 0.269. The summed E-state index contributed by atoms with van der Waals surface area (Å²) in [5.74, 6) is 1.33. The molecule has 0 spiro atoms. The Morgan fingerprint density at radius 3 is 2.76 bits per heavy atom. The van der Waals surface area contributed by atoms with Crippen molar-refractivity contribution in [3.63, 3.8) is 0 Å². The molecule has 0 saturated heterocycles. The second-order valence-corrected chi connectivity index (χ2v) is 6.25. The summed E-state index contributed by atoms with van der Waals surface area (Å²) in [6, 6.07) is 3.65. The first kappa shape index (κ1) is 16.3. The van der Waals surface area contributed by atoms with Crippen LogP contribution in [-0.4, -0.2) is 23.3 Å². The van der Waals surface area contributed by atoms with E-state index in [1.54, 1.807) is 11.3 Å². The maximum Gasteiger partial charge on any atom is 0.175 e. The second kappa shape index (κ2) is 7.77. The smallest absolute Gasteiger partial charge is 0.175 e. The average molecular weight is 372 g/mol. The van der Waals surface area contributed by atoms with Crippen LogP contribution in [0.3, 0.4) is 0 Å². The molecule has 0 saturated carbocycles. The number of aromatic nitrogens is 1. The molecule has 0 aliphatic carbocycles. The Labute approximate surface area is 136 Å². The molecule has 1 N–H and O–H groups in total. The van der Waals surface area contributed by atoms with Crippen LogP contribution >= 0.6 is 27.3 Å². The maximum atomic E-state index is 9.25. The third-order valence-corrected chi connectivity index (χ3v) is 4.56. The fourth-order valence-electron chi connectivity index (χ4n) is 1.93. The number of halogens is 1. The minimum atomic E-state index is -0.0288. The molecule has 1 heterocycles. The zero-order valence-corrected chi connectivity index (χ0v) is 14.5. The highest BCUT2D eigenvalue weighted by atomic mass is 79.9. The van der Waals surface area contributed by atoms with Gasteiger partial charge in [0.25, 0.3) is 0 Å². The van der Waals surface area contributed by atoms with E-state index in [-0.39, 0.29) is 6.61 Å². The van der Waals surface area contributed by atoms with Crippen LogP contribution in [0.5, 0.6) is 11.5 Å².